The Morgan fingerprint density at radius 2 is 2.11 bits per heavy atom. The summed E-state index contributed by atoms with van der Waals surface area (Å²) in [6, 6.07) is 3.64. The Morgan fingerprint density at radius 1 is 1.42 bits per heavy atom. The van der Waals surface area contributed by atoms with Gasteiger partial charge in [0.2, 0.25) is 0 Å². The first kappa shape index (κ1) is 14.5. The molecule has 1 aliphatic rings. The molecule has 4 nitrogen and oxygen atoms in total. The van der Waals surface area contributed by atoms with Gasteiger partial charge in [-0.25, -0.2) is 4.98 Å². The number of hydrogen-bond donors (Lipinski definition) is 0. The molecule has 0 aliphatic carbocycles. The number of hydrogen-bond acceptors (Lipinski definition) is 3. The van der Waals surface area contributed by atoms with Gasteiger partial charge in [-0.05, 0) is 60.9 Å². The molecule has 0 atom stereocenters. The SMILES string of the molecule is CN(C)CC1CCN(C(=O)c2ccc(Br)cn2)CC1. The summed E-state index contributed by atoms with van der Waals surface area (Å²) in [5, 5.41) is 0. The summed E-state index contributed by atoms with van der Waals surface area (Å²) in [6.45, 7) is 2.79. The van der Waals surface area contributed by atoms with Crippen LogP contribution in [-0.2, 0) is 0 Å². The zero-order valence-corrected chi connectivity index (χ0v) is 13.1. The Balaban J connectivity index is 1.90. The third-order valence-corrected chi connectivity index (χ3v) is 3.94. The summed E-state index contributed by atoms with van der Waals surface area (Å²) in [6.07, 6.45) is 3.84. The molecule has 104 valence electrons. The maximum absolute atomic E-state index is 12.3. The molecule has 0 unspecified atom stereocenters. The second-order valence-electron chi connectivity index (χ2n) is 5.36. The highest BCUT2D eigenvalue weighted by atomic mass is 79.9. The van der Waals surface area contributed by atoms with Crippen LogP contribution in [0.1, 0.15) is 23.3 Å². The van der Waals surface area contributed by atoms with Crippen LogP contribution in [0.2, 0.25) is 0 Å². The van der Waals surface area contributed by atoms with Crippen molar-refractivity contribution in [3.63, 3.8) is 0 Å². The van der Waals surface area contributed by atoms with Crippen LogP contribution in [-0.4, -0.2) is 54.4 Å². The van der Waals surface area contributed by atoms with Crippen LogP contribution < -0.4 is 0 Å². The molecule has 5 heteroatoms. The fraction of sp³-hybridized carbons (Fsp3) is 0.571. The van der Waals surface area contributed by atoms with E-state index in [0.29, 0.717) is 11.6 Å². The van der Waals surface area contributed by atoms with Crippen molar-refractivity contribution in [3.8, 4) is 0 Å². The maximum Gasteiger partial charge on any atom is 0.272 e. The molecule has 0 radical (unpaired) electrons. The van der Waals surface area contributed by atoms with Gasteiger partial charge in [0.25, 0.3) is 5.91 Å². The topological polar surface area (TPSA) is 36.4 Å². The normalized spacial score (nSPS) is 16.9. The van der Waals surface area contributed by atoms with E-state index in [1.807, 2.05) is 11.0 Å². The molecule has 0 bridgehead atoms. The van der Waals surface area contributed by atoms with Crippen LogP contribution in [0.15, 0.2) is 22.8 Å². The summed E-state index contributed by atoms with van der Waals surface area (Å²) in [7, 11) is 4.20. The van der Waals surface area contributed by atoms with E-state index in [1.165, 1.54) is 0 Å². The van der Waals surface area contributed by atoms with Crippen molar-refractivity contribution >= 4 is 21.8 Å². The number of amides is 1. The molecule has 19 heavy (non-hydrogen) atoms. The van der Waals surface area contributed by atoms with E-state index in [2.05, 4.69) is 39.9 Å². The minimum absolute atomic E-state index is 0.0517. The first-order chi connectivity index (χ1) is 9.06. The lowest BCUT2D eigenvalue weighted by molar-refractivity contribution is 0.0672. The second kappa shape index (κ2) is 6.48. The number of carbonyl (C=O) groups is 1. The fourth-order valence-corrected chi connectivity index (χ4v) is 2.73. The van der Waals surface area contributed by atoms with Gasteiger partial charge in [0.05, 0.1) is 0 Å². The Bertz CT molecular complexity index is 425. The van der Waals surface area contributed by atoms with Crippen LogP contribution in [0.4, 0.5) is 0 Å². The molecule has 1 aromatic heterocycles. The van der Waals surface area contributed by atoms with Crippen LogP contribution >= 0.6 is 15.9 Å². The monoisotopic (exact) mass is 325 g/mol. The summed E-state index contributed by atoms with van der Waals surface area (Å²) < 4.78 is 0.897. The van der Waals surface area contributed by atoms with E-state index in [-0.39, 0.29) is 5.91 Å². The molecule has 0 aromatic carbocycles. The molecule has 1 aliphatic heterocycles. The Labute approximate surface area is 122 Å². The van der Waals surface area contributed by atoms with Gasteiger partial charge in [0.15, 0.2) is 0 Å². The number of pyridine rings is 1. The summed E-state index contributed by atoms with van der Waals surface area (Å²) in [5.41, 5.74) is 0.536. The number of nitrogens with zero attached hydrogens (tertiary/aromatic N) is 3. The summed E-state index contributed by atoms with van der Waals surface area (Å²) in [4.78, 5) is 20.6. The molecular weight excluding hydrogens is 306 g/mol. The van der Waals surface area contributed by atoms with Crippen molar-refractivity contribution < 1.29 is 4.79 Å². The average Bonchev–Trinajstić information content (AvgIpc) is 2.39. The predicted octanol–water partition coefficient (Wildman–Crippen LogP) is 2.26. The van der Waals surface area contributed by atoms with Gasteiger partial charge in [-0.15, -0.1) is 0 Å². The van der Waals surface area contributed by atoms with Gasteiger partial charge < -0.3 is 9.80 Å². The van der Waals surface area contributed by atoms with E-state index >= 15 is 0 Å². The van der Waals surface area contributed by atoms with E-state index in [9.17, 15) is 4.79 Å². The smallest absolute Gasteiger partial charge is 0.272 e. The van der Waals surface area contributed by atoms with Gasteiger partial charge in [0.1, 0.15) is 5.69 Å². The van der Waals surface area contributed by atoms with Gasteiger partial charge in [-0.1, -0.05) is 0 Å². The third-order valence-electron chi connectivity index (χ3n) is 3.47. The second-order valence-corrected chi connectivity index (χ2v) is 6.28. The number of piperidine rings is 1. The Morgan fingerprint density at radius 3 is 2.63 bits per heavy atom. The molecule has 1 fully saturated rings. The fourth-order valence-electron chi connectivity index (χ4n) is 2.50. The first-order valence-corrected chi connectivity index (χ1v) is 7.41. The zero-order valence-electron chi connectivity index (χ0n) is 11.5. The van der Waals surface area contributed by atoms with Crippen LogP contribution in [0.25, 0.3) is 0 Å². The molecule has 2 heterocycles. The van der Waals surface area contributed by atoms with Gasteiger partial charge in [0, 0.05) is 30.3 Å². The van der Waals surface area contributed by atoms with Gasteiger partial charge in [-0.3, -0.25) is 4.79 Å². The maximum atomic E-state index is 12.3. The summed E-state index contributed by atoms with van der Waals surface area (Å²) >= 11 is 3.33. The highest BCUT2D eigenvalue weighted by Crippen LogP contribution is 2.19. The van der Waals surface area contributed by atoms with E-state index in [4.69, 9.17) is 0 Å². The Kier molecular flexibility index (Phi) is 4.93. The molecule has 0 spiro atoms. The lowest BCUT2D eigenvalue weighted by Gasteiger charge is -2.33. The van der Waals surface area contributed by atoms with Crippen LogP contribution in [0, 0.1) is 5.92 Å². The molecule has 0 N–H and O–H groups in total. The van der Waals surface area contributed by atoms with E-state index < -0.39 is 0 Å². The minimum Gasteiger partial charge on any atom is -0.337 e. The number of carbonyl (C=O) groups excluding carboxylic acids is 1. The van der Waals surface area contributed by atoms with Gasteiger partial charge in [-0.2, -0.15) is 0 Å². The average molecular weight is 326 g/mol. The van der Waals surface area contributed by atoms with Crippen molar-refractivity contribution in [1.82, 2.24) is 14.8 Å². The van der Waals surface area contributed by atoms with Crippen molar-refractivity contribution in [1.29, 1.82) is 0 Å². The molecule has 0 saturated carbocycles. The molecule has 2 rings (SSSR count). The van der Waals surface area contributed by atoms with E-state index in [0.717, 1.165) is 36.9 Å². The minimum atomic E-state index is 0.0517. The molecule has 1 aromatic rings. The quantitative estimate of drug-likeness (QED) is 0.855. The predicted molar refractivity (Wildman–Crippen MR) is 79.1 cm³/mol. The highest BCUT2D eigenvalue weighted by molar-refractivity contribution is 9.10. The number of rotatable bonds is 3. The molecule has 1 amide bonds. The van der Waals surface area contributed by atoms with Crippen molar-refractivity contribution in [2.24, 2.45) is 5.92 Å². The largest absolute Gasteiger partial charge is 0.337 e. The number of aromatic nitrogens is 1. The highest BCUT2D eigenvalue weighted by Gasteiger charge is 2.24. The van der Waals surface area contributed by atoms with Crippen molar-refractivity contribution in [2.45, 2.75) is 12.8 Å². The number of halogens is 1. The van der Waals surface area contributed by atoms with Gasteiger partial charge >= 0.3 is 0 Å². The Hall–Kier alpha value is -0.940. The van der Waals surface area contributed by atoms with Crippen molar-refractivity contribution in [2.75, 3.05) is 33.7 Å². The zero-order chi connectivity index (χ0) is 13.8. The standard InChI is InChI=1S/C14H20BrN3O/c1-17(2)10-11-5-7-18(8-6-11)14(19)13-4-3-12(15)9-16-13/h3-4,9,11H,5-8,10H2,1-2H3. The lowest BCUT2D eigenvalue weighted by atomic mass is 9.96. The summed E-state index contributed by atoms with van der Waals surface area (Å²) in [5.74, 6) is 0.757. The first-order valence-electron chi connectivity index (χ1n) is 6.62. The third kappa shape index (κ3) is 4.01. The molecular formula is C14H20BrN3O. The van der Waals surface area contributed by atoms with Crippen LogP contribution in [0.5, 0.6) is 0 Å². The molecule has 1 saturated heterocycles. The van der Waals surface area contributed by atoms with Crippen LogP contribution in [0.3, 0.4) is 0 Å². The van der Waals surface area contributed by atoms with E-state index in [1.54, 1.807) is 12.3 Å². The lowest BCUT2D eigenvalue weighted by Crippen LogP contribution is -2.40. The van der Waals surface area contributed by atoms with Crippen molar-refractivity contribution in [3.05, 3.63) is 28.5 Å². The number of likely N-dealkylation sites (tertiary alicyclic amines) is 1.